The van der Waals surface area contributed by atoms with Gasteiger partial charge in [-0.05, 0) is 34.6 Å². The third-order valence-corrected chi connectivity index (χ3v) is 5.44. The maximum Gasteiger partial charge on any atom is 0.347 e. The topological polar surface area (TPSA) is 102 Å². The van der Waals surface area contributed by atoms with E-state index in [4.69, 9.17) is 4.42 Å². The Kier molecular flexibility index (Phi) is 4.54. The van der Waals surface area contributed by atoms with Gasteiger partial charge in [-0.15, -0.1) is 0 Å². The summed E-state index contributed by atoms with van der Waals surface area (Å²) in [4.78, 5) is 31.0. The van der Waals surface area contributed by atoms with Crippen LogP contribution in [-0.4, -0.2) is 14.9 Å². The number of rotatable bonds is 2. The molecule has 0 atom stereocenters. The van der Waals surface area contributed by atoms with Gasteiger partial charge in [0.05, 0.1) is 16.0 Å². The predicted octanol–water partition coefficient (Wildman–Crippen LogP) is 5.84. The number of nitrogens with one attached hydrogen (secondary N) is 1. The molecule has 0 radical (unpaired) electrons. The molecule has 0 aliphatic carbocycles. The minimum Gasteiger partial charge on any atom is -0.422 e. The fourth-order valence-electron chi connectivity index (χ4n) is 3.63. The number of fused-ring (bicyclic) bond motifs is 2. The van der Waals surface area contributed by atoms with Crippen LogP contribution in [0.25, 0.3) is 33.4 Å². The lowest BCUT2D eigenvalue weighted by Crippen LogP contribution is -2.18. The maximum atomic E-state index is 12.9. The number of nitro benzene ring substituents is 1. The fraction of sp³-hybridized carbons (Fsp3) is 0.333. The van der Waals surface area contributed by atoms with Crippen LogP contribution in [0.2, 0.25) is 0 Å². The van der Waals surface area contributed by atoms with Crippen molar-refractivity contribution in [3.8, 4) is 11.4 Å². The molecule has 7 heteroatoms. The molecule has 4 aromatic rings. The number of H-pyrrole nitrogens is 1. The molecule has 0 saturated carbocycles. The molecule has 160 valence electrons. The Morgan fingerprint density at radius 1 is 1.00 bits per heavy atom. The van der Waals surface area contributed by atoms with E-state index in [-0.39, 0.29) is 22.1 Å². The first-order chi connectivity index (χ1) is 14.3. The molecule has 0 spiro atoms. The molecule has 2 heterocycles. The van der Waals surface area contributed by atoms with Crippen LogP contribution >= 0.6 is 0 Å². The molecule has 0 amide bonds. The smallest absolute Gasteiger partial charge is 0.347 e. The van der Waals surface area contributed by atoms with Crippen LogP contribution in [0.5, 0.6) is 0 Å². The Balaban J connectivity index is 1.98. The first-order valence-corrected chi connectivity index (χ1v) is 10.1. The zero-order chi connectivity index (χ0) is 22.7. The summed E-state index contributed by atoms with van der Waals surface area (Å²) in [5.74, 6) is 0.324. The molecular formula is C24H25N3O4. The van der Waals surface area contributed by atoms with Crippen LogP contribution in [0, 0.1) is 10.1 Å². The predicted molar refractivity (Wildman–Crippen MR) is 122 cm³/mol. The van der Waals surface area contributed by atoms with Crippen molar-refractivity contribution in [3.05, 3.63) is 68.1 Å². The lowest BCUT2D eigenvalue weighted by Gasteiger charge is -2.26. The number of aromatic amines is 1. The van der Waals surface area contributed by atoms with Crippen molar-refractivity contribution < 1.29 is 9.34 Å². The van der Waals surface area contributed by atoms with Gasteiger partial charge in [-0.1, -0.05) is 47.6 Å². The van der Waals surface area contributed by atoms with Gasteiger partial charge >= 0.3 is 5.63 Å². The van der Waals surface area contributed by atoms with Crippen LogP contribution in [0.4, 0.5) is 5.69 Å². The first-order valence-electron chi connectivity index (χ1n) is 10.1. The van der Waals surface area contributed by atoms with Gasteiger partial charge in [0.2, 0.25) is 0 Å². The second kappa shape index (κ2) is 6.77. The van der Waals surface area contributed by atoms with Crippen molar-refractivity contribution in [2.45, 2.75) is 52.4 Å². The quantitative estimate of drug-likeness (QED) is 0.250. The molecule has 0 fully saturated rings. The second-order valence-electron chi connectivity index (χ2n) is 9.93. The lowest BCUT2D eigenvalue weighted by atomic mass is 9.79. The molecule has 0 aliphatic heterocycles. The summed E-state index contributed by atoms with van der Waals surface area (Å²) in [6, 6.07) is 10.3. The summed E-state index contributed by atoms with van der Waals surface area (Å²) in [6.07, 6.45) is 0. The highest BCUT2D eigenvalue weighted by molar-refractivity contribution is 5.87. The van der Waals surface area contributed by atoms with Crippen LogP contribution in [0.1, 0.15) is 52.7 Å². The van der Waals surface area contributed by atoms with Crippen molar-refractivity contribution in [2.75, 3.05) is 0 Å². The van der Waals surface area contributed by atoms with Crippen molar-refractivity contribution in [2.24, 2.45) is 0 Å². The van der Waals surface area contributed by atoms with Gasteiger partial charge in [0, 0.05) is 23.1 Å². The molecule has 0 saturated heterocycles. The minimum absolute atomic E-state index is 0.0436. The van der Waals surface area contributed by atoms with Crippen LogP contribution in [-0.2, 0) is 10.8 Å². The van der Waals surface area contributed by atoms with Crippen LogP contribution in [0.3, 0.4) is 0 Å². The summed E-state index contributed by atoms with van der Waals surface area (Å²) < 4.78 is 5.81. The summed E-state index contributed by atoms with van der Waals surface area (Å²) in [5, 5.41) is 11.9. The van der Waals surface area contributed by atoms with Gasteiger partial charge in [-0.3, -0.25) is 10.1 Å². The number of hydrogen-bond acceptors (Lipinski definition) is 5. The Morgan fingerprint density at radius 2 is 1.71 bits per heavy atom. The maximum absolute atomic E-state index is 12.9. The Morgan fingerprint density at radius 3 is 2.32 bits per heavy atom. The lowest BCUT2D eigenvalue weighted by molar-refractivity contribution is -0.384. The normalized spacial score (nSPS) is 12.6. The van der Waals surface area contributed by atoms with Crippen LogP contribution in [0.15, 0.2) is 45.6 Å². The highest BCUT2D eigenvalue weighted by Crippen LogP contribution is 2.36. The zero-order valence-corrected chi connectivity index (χ0v) is 18.5. The van der Waals surface area contributed by atoms with Crippen LogP contribution < -0.4 is 5.63 Å². The Bertz CT molecular complexity index is 1400. The third kappa shape index (κ3) is 3.71. The largest absolute Gasteiger partial charge is 0.422 e. The molecule has 0 aliphatic rings. The summed E-state index contributed by atoms with van der Waals surface area (Å²) in [5.41, 5.74) is 3.16. The minimum atomic E-state index is -0.505. The number of benzene rings is 2. The standard InChI is InChI=1S/C24H25N3O4/c1-23(2,3)14-9-13-10-16(22(28)31-20(13)17(11-14)24(4,5)6)21-25-18-8-7-15(27(29)30)12-19(18)26-21/h7-12H,1-6H3,(H,25,26). The first kappa shape index (κ1) is 20.8. The number of hydrogen-bond donors (Lipinski definition) is 1. The molecule has 7 nitrogen and oxygen atoms in total. The van der Waals surface area contributed by atoms with E-state index < -0.39 is 10.5 Å². The molecule has 4 rings (SSSR count). The van der Waals surface area contributed by atoms with Crippen molar-refractivity contribution in [1.29, 1.82) is 0 Å². The van der Waals surface area contributed by atoms with Gasteiger partial charge < -0.3 is 9.40 Å². The van der Waals surface area contributed by atoms with E-state index >= 15 is 0 Å². The van der Waals surface area contributed by atoms with Gasteiger partial charge in [-0.25, -0.2) is 9.78 Å². The third-order valence-electron chi connectivity index (χ3n) is 5.44. The van der Waals surface area contributed by atoms with E-state index in [0.29, 0.717) is 22.4 Å². The van der Waals surface area contributed by atoms with Gasteiger partial charge in [0.15, 0.2) is 0 Å². The second-order valence-corrected chi connectivity index (χ2v) is 9.93. The molecule has 2 aromatic carbocycles. The summed E-state index contributed by atoms with van der Waals surface area (Å²) in [7, 11) is 0. The molecule has 31 heavy (non-hydrogen) atoms. The van der Waals surface area contributed by atoms with E-state index in [1.807, 2.05) is 6.07 Å². The van der Waals surface area contributed by atoms with E-state index in [0.717, 1.165) is 16.5 Å². The number of nitrogens with zero attached hydrogens (tertiary/aromatic N) is 2. The molecule has 0 unspecified atom stereocenters. The Hall–Kier alpha value is -3.48. The van der Waals surface area contributed by atoms with Gasteiger partial charge in [0.1, 0.15) is 17.0 Å². The molecule has 0 bridgehead atoms. The van der Waals surface area contributed by atoms with Crippen molar-refractivity contribution in [3.63, 3.8) is 0 Å². The van der Waals surface area contributed by atoms with Crippen molar-refractivity contribution >= 4 is 27.7 Å². The monoisotopic (exact) mass is 419 g/mol. The van der Waals surface area contributed by atoms with E-state index in [1.54, 1.807) is 12.1 Å². The number of imidazole rings is 1. The summed E-state index contributed by atoms with van der Waals surface area (Å²) >= 11 is 0. The fourth-order valence-corrected chi connectivity index (χ4v) is 3.63. The number of nitro groups is 1. The highest BCUT2D eigenvalue weighted by Gasteiger charge is 2.25. The number of aromatic nitrogens is 2. The molecule has 2 aromatic heterocycles. The van der Waals surface area contributed by atoms with E-state index in [1.165, 1.54) is 12.1 Å². The molecular weight excluding hydrogens is 394 g/mol. The van der Waals surface area contributed by atoms with Gasteiger partial charge in [-0.2, -0.15) is 0 Å². The highest BCUT2D eigenvalue weighted by atomic mass is 16.6. The Labute approximate surface area is 179 Å². The van der Waals surface area contributed by atoms with E-state index in [9.17, 15) is 14.9 Å². The summed E-state index contributed by atoms with van der Waals surface area (Å²) in [6.45, 7) is 12.7. The average molecular weight is 419 g/mol. The zero-order valence-electron chi connectivity index (χ0n) is 18.5. The van der Waals surface area contributed by atoms with E-state index in [2.05, 4.69) is 57.6 Å². The molecule has 1 N–H and O–H groups in total. The SMILES string of the molecule is CC(C)(C)c1cc(C(C)(C)C)c2oc(=O)c(-c3nc4ccc([N+](=O)[O-])cc4[nH]3)cc2c1. The number of non-ortho nitro benzene ring substituents is 1. The average Bonchev–Trinajstić information content (AvgIpc) is 3.08. The van der Waals surface area contributed by atoms with Gasteiger partial charge in [0.25, 0.3) is 5.69 Å². The van der Waals surface area contributed by atoms with Crippen molar-refractivity contribution in [1.82, 2.24) is 9.97 Å².